The zero-order chi connectivity index (χ0) is 10.3. The van der Waals surface area contributed by atoms with Crippen molar-refractivity contribution < 1.29 is 0 Å². The maximum absolute atomic E-state index is 2.37. The minimum absolute atomic E-state index is 0.788. The summed E-state index contributed by atoms with van der Waals surface area (Å²) in [6.45, 7) is 9.18. The fourth-order valence-electron chi connectivity index (χ4n) is 3.10. The topological polar surface area (TPSA) is 0 Å². The van der Waals surface area contributed by atoms with Gasteiger partial charge in [-0.05, 0) is 66.8 Å². The molecule has 0 spiro atoms. The Morgan fingerprint density at radius 2 is 2.00 bits per heavy atom. The van der Waals surface area contributed by atoms with E-state index in [4.69, 9.17) is 0 Å². The molecular weight excluding hydrogens is 168 g/mol. The van der Waals surface area contributed by atoms with E-state index in [0.29, 0.717) is 0 Å². The average molecular weight is 188 g/mol. The second-order valence-corrected chi connectivity index (χ2v) is 4.67. The third kappa shape index (κ3) is 1.28. The largest absolute Gasteiger partial charge is 0.0613 e. The van der Waals surface area contributed by atoms with Crippen LogP contribution in [0.1, 0.15) is 54.0 Å². The van der Waals surface area contributed by atoms with Gasteiger partial charge in [0.05, 0.1) is 0 Å². The van der Waals surface area contributed by atoms with Crippen LogP contribution in [0.15, 0.2) is 6.07 Å². The van der Waals surface area contributed by atoms with Crippen molar-refractivity contribution >= 4 is 0 Å². The second-order valence-electron chi connectivity index (χ2n) is 4.67. The van der Waals surface area contributed by atoms with Crippen LogP contribution >= 0.6 is 0 Å². The van der Waals surface area contributed by atoms with Crippen LogP contribution in [0.4, 0.5) is 0 Å². The van der Waals surface area contributed by atoms with E-state index in [1.807, 2.05) is 0 Å². The van der Waals surface area contributed by atoms with Gasteiger partial charge in [-0.15, -0.1) is 0 Å². The minimum Gasteiger partial charge on any atom is -0.0613 e. The summed E-state index contributed by atoms with van der Waals surface area (Å²) in [5.41, 5.74) is 7.97. The van der Waals surface area contributed by atoms with E-state index < -0.39 is 0 Å². The van der Waals surface area contributed by atoms with E-state index in [1.54, 1.807) is 16.7 Å². The van der Waals surface area contributed by atoms with Crippen molar-refractivity contribution in [1.29, 1.82) is 0 Å². The quantitative estimate of drug-likeness (QED) is 0.626. The molecule has 0 saturated carbocycles. The van der Waals surface area contributed by atoms with Gasteiger partial charge in [0.2, 0.25) is 0 Å². The van der Waals surface area contributed by atoms with Crippen molar-refractivity contribution in [3.63, 3.8) is 0 Å². The van der Waals surface area contributed by atoms with Crippen LogP contribution in [-0.2, 0) is 12.8 Å². The molecule has 2 rings (SSSR count). The molecule has 1 aliphatic carbocycles. The highest BCUT2D eigenvalue weighted by atomic mass is 14.3. The summed E-state index contributed by atoms with van der Waals surface area (Å²) in [6, 6.07) is 2.37. The summed E-state index contributed by atoms with van der Waals surface area (Å²) in [5.74, 6) is 0.788. The standard InChI is InChI=1S/C14H20/c1-5-12-10(3)8-11(4)14-9(2)6-7-13(12)14/h8-9H,5-7H2,1-4H3. The molecule has 1 unspecified atom stereocenters. The lowest BCUT2D eigenvalue weighted by molar-refractivity contribution is 0.743. The lowest BCUT2D eigenvalue weighted by Crippen LogP contribution is -1.99. The minimum atomic E-state index is 0.788. The summed E-state index contributed by atoms with van der Waals surface area (Å²) in [6.07, 6.45) is 3.86. The molecule has 1 atom stereocenters. The molecule has 0 saturated heterocycles. The molecule has 0 N–H and O–H groups in total. The Morgan fingerprint density at radius 1 is 1.29 bits per heavy atom. The Labute approximate surface area is 87.3 Å². The summed E-state index contributed by atoms with van der Waals surface area (Å²) in [5, 5.41) is 0. The molecule has 0 heterocycles. The zero-order valence-electron chi connectivity index (χ0n) is 9.78. The average Bonchev–Trinajstić information content (AvgIpc) is 2.49. The maximum Gasteiger partial charge on any atom is -0.0182 e. The normalized spacial score (nSPS) is 19.9. The Bertz CT molecular complexity index is 361. The lowest BCUT2D eigenvalue weighted by atomic mass is 9.90. The maximum atomic E-state index is 2.37. The number of hydrogen-bond donors (Lipinski definition) is 0. The molecule has 0 heteroatoms. The monoisotopic (exact) mass is 188 g/mol. The van der Waals surface area contributed by atoms with E-state index in [9.17, 15) is 0 Å². The van der Waals surface area contributed by atoms with Crippen LogP contribution in [0.25, 0.3) is 0 Å². The molecule has 76 valence electrons. The van der Waals surface area contributed by atoms with Crippen molar-refractivity contribution in [2.75, 3.05) is 0 Å². The molecule has 14 heavy (non-hydrogen) atoms. The van der Waals surface area contributed by atoms with Gasteiger partial charge in [-0.25, -0.2) is 0 Å². The zero-order valence-corrected chi connectivity index (χ0v) is 9.78. The molecule has 0 nitrogen and oxygen atoms in total. The first-order chi connectivity index (χ1) is 6.65. The van der Waals surface area contributed by atoms with Gasteiger partial charge in [-0.1, -0.05) is 19.9 Å². The first-order valence-electron chi connectivity index (χ1n) is 5.77. The molecule has 0 amide bonds. The van der Waals surface area contributed by atoms with Crippen molar-refractivity contribution in [2.24, 2.45) is 0 Å². The van der Waals surface area contributed by atoms with E-state index in [1.165, 1.54) is 30.4 Å². The third-order valence-electron chi connectivity index (χ3n) is 3.70. The predicted molar refractivity (Wildman–Crippen MR) is 62.0 cm³/mol. The Hall–Kier alpha value is -0.780. The van der Waals surface area contributed by atoms with E-state index in [2.05, 4.69) is 33.8 Å². The van der Waals surface area contributed by atoms with Gasteiger partial charge in [0, 0.05) is 0 Å². The summed E-state index contributed by atoms with van der Waals surface area (Å²) in [7, 11) is 0. The van der Waals surface area contributed by atoms with Crippen molar-refractivity contribution in [3.8, 4) is 0 Å². The second kappa shape index (κ2) is 3.42. The SMILES string of the molecule is CCc1c(C)cc(C)c2c1CCC2C. The molecule has 0 radical (unpaired) electrons. The van der Waals surface area contributed by atoms with Gasteiger partial charge in [0.15, 0.2) is 0 Å². The van der Waals surface area contributed by atoms with Gasteiger partial charge >= 0.3 is 0 Å². The fourth-order valence-corrected chi connectivity index (χ4v) is 3.10. The van der Waals surface area contributed by atoms with Crippen LogP contribution in [0, 0.1) is 13.8 Å². The van der Waals surface area contributed by atoms with Crippen LogP contribution < -0.4 is 0 Å². The number of aryl methyl sites for hydroxylation is 2. The Balaban J connectivity index is 2.66. The predicted octanol–water partition coefficient (Wildman–Crippen LogP) is 3.92. The Kier molecular flexibility index (Phi) is 2.38. The number of benzene rings is 1. The van der Waals surface area contributed by atoms with Gasteiger partial charge in [0.1, 0.15) is 0 Å². The molecule has 0 aromatic heterocycles. The van der Waals surface area contributed by atoms with Crippen molar-refractivity contribution in [1.82, 2.24) is 0 Å². The summed E-state index contributed by atoms with van der Waals surface area (Å²) >= 11 is 0. The lowest BCUT2D eigenvalue weighted by Gasteiger charge is -2.15. The smallest absolute Gasteiger partial charge is 0.0182 e. The highest BCUT2D eigenvalue weighted by molar-refractivity contribution is 5.49. The molecular formula is C14H20. The van der Waals surface area contributed by atoms with Gasteiger partial charge in [-0.2, -0.15) is 0 Å². The highest BCUT2D eigenvalue weighted by Gasteiger charge is 2.23. The fraction of sp³-hybridized carbons (Fsp3) is 0.571. The van der Waals surface area contributed by atoms with Gasteiger partial charge in [0.25, 0.3) is 0 Å². The first-order valence-corrected chi connectivity index (χ1v) is 5.77. The van der Waals surface area contributed by atoms with Crippen LogP contribution in [0.3, 0.4) is 0 Å². The molecule has 1 aromatic carbocycles. The van der Waals surface area contributed by atoms with E-state index in [-0.39, 0.29) is 0 Å². The van der Waals surface area contributed by atoms with Crippen molar-refractivity contribution in [2.45, 2.75) is 52.9 Å². The van der Waals surface area contributed by atoms with E-state index >= 15 is 0 Å². The first kappa shape index (κ1) is 9.76. The number of fused-ring (bicyclic) bond motifs is 1. The number of hydrogen-bond acceptors (Lipinski definition) is 0. The van der Waals surface area contributed by atoms with Gasteiger partial charge in [-0.3, -0.25) is 0 Å². The van der Waals surface area contributed by atoms with Crippen molar-refractivity contribution in [3.05, 3.63) is 33.9 Å². The van der Waals surface area contributed by atoms with E-state index in [0.717, 1.165) is 5.92 Å². The van der Waals surface area contributed by atoms with Crippen LogP contribution in [-0.4, -0.2) is 0 Å². The third-order valence-corrected chi connectivity index (χ3v) is 3.70. The molecule has 1 aromatic rings. The molecule has 0 bridgehead atoms. The highest BCUT2D eigenvalue weighted by Crippen LogP contribution is 2.38. The summed E-state index contributed by atoms with van der Waals surface area (Å²) in [4.78, 5) is 0. The molecule has 0 aliphatic heterocycles. The molecule has 1 aliphatic rings. The number of rotatable bonds is 1. The Morgan fingerprint density at radius 3 is 2.64 bits per heavy atom. The van der Waals surface area contributed by atoms with Crippen LogP contribution in [0.5, 0.6) is 0 Å². The molecule has 0 fully saturated rings. The van der Waals surface area contributed by atoms with Gasteiger partial charge < -0.3 is 0 Å². The summed E-state index contributed by atoms with van der Waals surface area (Å²) < 4.78 is 0. The van der Waals surface area contributed by atoms with Crippen LogP contribution in [0.2, 0.25) is 0 Å².